The Balaban J connectivity index is 2.35. The third kappa shape index (κ3) is 1.22. The number of hydrogen-bond donors (Lipinski definition) is 2. The average Bonchev–Trinajstić information content (AvgIpc) is 2.93. The third-order valence-electron chi connectivity index (χ3n) is 3.52. The van der Waals surface area contributed by atoms with Gasteiger partial charge in [-0.3, -0.25) is 0 Å². The van der Waals surface area contributed by atoms with Crippen LogP contribution in [0.15, 0.2) is 24.3 Å². The van der Waals surface area contributed by atoms with Crippen LogP contribution in [0, 0.1) is 5.92 Å². The van der Waals surface area contributed by atoms with E-state index in [1.54, 1.807) is 6.07 Å². The SMILES string of the molecule is CCC1(c2ccccc2O)CC1CO. The van der Waals surface area contributed by atoms with Crippen molar-refractivity contribution in [3.8, 4) is 5.75 Å². The molecule has 1 saturated carbocycles. The Labute approximate surface area is 84.2 Å². The molecule has 1 aromatic rings. The molecule has 0 aliphatic heterocycles. The van der Waals surface area contributed by atoms with Gasteiger partial charge in [-0.15, -0.1) is 0 Å². The van der Waals surface area contributed by atoms with Gasteiger partial charge in [0.1, 0.15) is 5.75 Å². The van der Waals surface area contributed by atoms with Crippen molar-refractivity contribution in [3.05, 3.63) is 29.8 Å². The first-order valence-electron chi connectivity index (χ1n) is 5.14. The van der Waals surface area contributed by atoms with Crippen LogP contribution in [-0.2, 0) is 5.41 Å². The predicted molar refractivity (Wildman–Crippen MR) is 55.3 cm³/mol. The first-order valence-corrected chi connectivity index (χ1v) is 5.14. The lowest BCUT2D eigenvalue weighted by Crippen LogP contribution is -2.10. The molecule has 14 heavy (non-hydrogen) atoms. The molecule has 2 heteroatoms. The maximum Gasteiger partial charge on any atom is 0.119 e. The van der Waals surface area contributed by atoms with Gasteiger partial charge < -0.3 is 10.2 Å². The van der Waals surface area contributed by atoms with E-state index in [-0.39, 0.29) is 12.0 Å². The van der Waals surface area contributed by atoms with E-state index in [2.05, 4.69) is 6.92 Å². The van der Waals surface area contributed by atoms with Gasteiger partial charge in [0.25, 0.3) is 0 Å². The minimum absolute atomic E-state index is 0.0418. The lowest BCUT2D eigenvalue weighted by atomic mass is 9.90. The van der Waals surface area contributed by atoms with E-state index in [1.165, 1.54) is 0 Å². The molecule has 0 radical (unpaired) electrons. The van der Waals surface area contributed by atoms with Crippen molar-refractivity contribution in [2.24, 2.45) is 5.92 Å². The second-order valence-electron chi connectivity index (χ2n) is 4.11. The standard InChI is InChI=1S/C12H16O2/c1-2-12(7-9(12)8-13)10-5-3-4-6-11(10)14/h3-6,9,13-14H,2,7-8H2,1H3. The van der Waals surface area contributed by atoms with Crippen LogP contribution < -0.4 is 0 Å². The van der Waals surface area contributed by atoms with Crippen LogP contribution in [0.2, 0.25) is 0 Å². The maximum absolute atomic E-state index is 9.75. The molecule has 2 atom stereocenters. The van der Waals surface area contributed by atoms with Gasteiger partial charge in [0.2, 0.25) is 0 Å². The Morgan fingerprint density at radius 2 is 2.14 bits per heavy atom. The summed E-state index contributed by atoms with van der Waals surface area (Å²) in [5.74, 6) is 0.700. The fourth-order valence-electron chi connectivity index (χ4n) is 2.47. The summed E-state index contributed by atoms with van der Waals surface area (Å²) in [5, 5.41) is 18.9. The van der Waals surface area contributed by atoms with Gasteiger partial charge in [0, 0.05) is 17.6 Å². The Bertz CT molecular complexity index is 335. The van der Waals surface area contributed by atoms with E-state index in [1.807, 2.05) is 18.2 Å². The normalized spacial score (nSPS) is 30.3. The number of phenols is 1. The van der Waals surface area contributed by atoms with Crippen LogP contribution in [0.3, 0.4) is 0 Å². The quantitative estimate of drug-likeness (QED) is 0.769. The number of hydrogen-bond acceptors (Lipinski definition) is 2. The van der Waals surface area contributed by atoms with Crippen molar-refractivity contribution < 1.29 is 10.2 Å². The number of aromatic hydroxyl groups is 1. The van der Waals surface area contributed by atoms with Gasteiger partial charge in [-0.1, -0.05) is 25.1 Å². The summed E-state index contributed by atoms with van der Waals surface area (Å²) in [6, 6.07) is 7.46. The van der Waals surface area contributed by atoms with Crippen LogP contribution in [0.4, 0.5) is 0 Å². The van der Waals surface area contributed by atoms with Gasteiger partial charge in [-0.05, 0) is 24.8 Å². The minimum Gasteiger partial charge on any atom is -0.508 e. The van der Waals surface area contributed by atoms with E-state index in [0.717, 1.165) is 18.4 Å². The largest absolute Gasteiger partial charge is 0.508 e. The van der Waals surface area contributed by atoms with Gasteiger partial charge >= 0.3 is 0 Å². The van der Waals surface area contributed by atoms with Crippen molar-refractivity contribution >= 4 is 0 Å². The number of rotatable bonds is 3. The fourth-order valence-corrected chi connectivity index (χ4v) is 2.47. The molecule has 1 aliphatic carbocycles. The summed E-state index contributed by atoms with van der Waals surface area (Å²) in [6.45, 7) is 2.34. The van der Waals surface area contributed by atoms with Crippen molar-refractivity contribution in [1.29, 1.82) is 0 Å². The molecule has 2 N–H and O–H groups in total. The summed E-state index contributed by atoms with van der Waals surface area (Å²) in [4.78, 5) is 0. The molecule has 0 aromatic heterocycles. The van der Waals surface area contributed by atoms with E-state index in [9.17, 15) is 5.11 Å². The van der Waals surface area contributed by atoms with Crippen molar-refractivity contribution in [1.82, 2.24) is 0 Å². The number of para-hydroxylation sites is 1. The highest BCUT2D eigenvalue weighted by molar-refractivity contribution is 5.43. The highest BCUT2D eigenvalue weighted by Crippen LogP contribution is 2.58. The summed E-state index contributed by atoms with van der Waals surface area (Å²) in [5.41, 5.74) is 1.04. The van der Waals surface area contributed by atoms with Crippen molar-refractivity contribution in [2.75, 3.05) is 6.61 Å². The Hall–Kier alpha value is -1.02. The molecule has 2 nitrogen and oxygen atoms in total. The van der Waals surface area contributed by atoms with Crippen molar-refractivity contribution in [3.63, 3.8) is 0 Å². The van der Waals surface area contributed by atoms with E-state index >= 15 is 0 Å². The second kappa shape index (κ2) is 3.28. The van der Waals surface area contributed by atoms with Crippen molar-refractivity contribution in [2.45, 2.75) is 25.2 Å². The minimum atomic E-state index is 0.0418. The fraction of sp³-hybridized carbons (Fsp3) is 0.500. The topological polar surface area (TPSA) is 40.5 Å². The van der Waals surface area contributed by atoms with Crippen LogP contribution in [0.5, 0.6) is 5.75 Å². The summed E-state index contributed by atoms with van der Waals surface area (Å²) >= 11 is 0. The van der Waals surface area contributed by atoms with Crippen LogP contribution >= 0.6 is 0 Å². The Morgan fingerprint density at radius 1 is 1.43 bits per heavy atom. The molecule has 0 heterocycles. The zero-order chi connectivity index (χ0) is 10.2. The third-order valence-corrected chi connectivity index (χ3v) is 3.52. The highest BCUT2D eigenvalue weighted by atomic mass is 16.3. The molecule has 1 fully saturated rings. The molecule has 2 unspecified atom stereocenters. The molecule has 0 amide bonds. The van der Waals surface area contributed by atoms with Gasteiger partial charge in [0.05, 0.1) is 0 Å². The van der Waals surface area contributed by atoms with E-state index in [4.69, 9.17) is 5.11 Å². The monoisotopic (exact) mass is 192 g/mol. The maximum atomic E-state index is 9.75. The van der Waals surface area contributed by atoms with Crippen LogP contribution in [-0.4, -0.2) is 16.8 Å². The smallest absolute Gasteiger partial charge is 0.119 e. The highest BCUT2D eigenvalue weighted by Gasteiger charge is 2.54. The van der Waals surface area contributed by atoms with Gasteiger partial charge in [-0.25, -0.2) is 0 Å². The molecular formula is C12H16O2. The van der Waals surface area contributed by atoms with Crippen LogP contribution in [0.1, 0.15) is 25.3 Å². The van der Waals surface area contributed by atoms with E-state index < -0.39 is 0 Å². The zero-order valence-electron chi connectivity index (χ0n) is 8.40. The lowest BCUT2D eigenvalue weighted by molar-refractivity contribution is 0.261. The first kappa shape index (κ1) is 9.53. The first-order chi connectivity index (χ1) is 6.74. The van der Waals surface area contributed by atoms with Gasteiger partial charge in [-0.2, -0.15) is 0 Å². The number of aliphatic hydroxyl groups is 1. The number of phenolic OH excluding ortho intramolecular Hbond substituents is 1. The molecule has 0 spiro atoms. The average molecular weight is 192 g/mol. The summed E-state index contributed by atoms with van der Waals surface area (Å²) in [6.07, 6.45) is 1.98. The molecule has 1 aliphatic rings. The summed E-state index contributed by atoms with van der Waals surface area (Å²) in [7, 11) is 0. The zero-order valence-corrected chi connectivity index (χ0v) is 8.40. The summed E-state index contributed by atoms with van der Waals surface area (Å²) < 4.78 is 0. The van der Waals surface area contributed by atoms with E-state index in [0.29, 0.717) is 11.7 Å². The van der Waals surface area contributed by atoms with Gasteiger partial charge in [0.15, 0.2) is 0 Å². The molecule has 0 saturated heterocycles. The number of benzene rings is 1. The number of aliphatic hydroxyl groups excluding tert-OH is 1. The lowest BCUT2D eigenvalue weighted by Gasteiger charge is -2.16. The molecule has 0 bridgehead atoms. The predicted octanol–water partition coefficient (Wildman–Crippen LogP) is 2.05. The Morgan fingerprint density at radius 3 is 2.64 bits per heavy atom. The second-order valence-corrected chi connectivity index (χ2v) is 4.11. The van der Waals surface area contributed by atoms with Crippen LogP contribution in [0.25, 0.3) is 0 Å². The molecule has 76 valence electrons. The molecule has 2 rings (SSSR count). The molecule has 1 aromatic carbocycles. The Kier molecular flexibility index (Phi) is 2.23. The molecular weight excluding hydrogens is 176 g/mol.